The zero-order chi connectivity index (χ0) is 13.1. The molecule has 1 fully saturated rings. The van der Waals surface area contributed by atoms with Crippen molar-refractivity contribution < 1.29 is 13.2 Å². The van der Waals surface area contributed by atoms with Gasteiger partial charge in [0.05, 0.1) is 5.75 Å². The van der Waals surface area contributed by atoms with Crippen molar-refractivity contribution in [2.45, 2.75) is 19.3 Å². The first kappa shape index (κ1) is 14.4. The normalized spacial score (nSPS) is 17.8. The fourth-order valence-electron chi connectivity index (χ4n) is 1.97. The first-order chi connectivity index (χ1) is 7.78. The predicted octanol–water partition coefficient (Wildman–Crippen LogP) is -0.121. The zero-order valence-corrected chi connectivity index (χ0v) is 11.6. The van der Waals surface area contributed by atoms with Gasteiger partial charge in [-0.3, -0.25) is 4.79 Å². The van der Waals surface area contributed by atoms with E-state index in [-0.39, 0.29) is 17.1 Å². The molecule has 0 heterocycles. The van der Waals surface area contributed by atoms with Crippen LogP contribution < -0.4 is 5.32 Å². The van der Waals surface area contributed by atoms with Gasteiger partial charge in [-0.15, -0.1) is 0 Å². The summed E-state index contributed by atoms with van der Waals surface area (Å²) in [5.74, 6) is 0.187. The van der Waals surface area contributed by atoms with Crippen molar-refractivity contribution in [1.29, 1.82) is 0 Å². The first-order valence-corrected chi connectivity index (χ1v) is 7.90. The average molecular weight is 262 g/mol. The second-order valence-corrected chi connectivity index (χ2v) is 7.31. The lowest BCUT2D eigenvalue weighted by molar-refractivity contribution is -0.130. The van der Waals surface area contributed by atoms with Gasteiger partial charge in [-0.05, 0) is 25.3 Å². The van der Waals surface area contributed by atoms with Crippen molar-refractivity contribution in [3.8, 4) is 0 Å². The molecule has 6 heteroatoms. The molecule has 1 saturated carbocycles. The molecule has 1 rings (SSSR count). The molecule has 1 amide bonds. The summed E-state index contributed by atoms with van der Waals surface area (Å²) in [6, 6.07) is 0. The summed E-state index contributed by atoms with van der Waals surface area (Å²) in [6.07, 6.45) is 3.31. The number of sulfone groups is 1. The van der Waals surface area contributed by atoms with Gasteiger partial charge in [0.1, 0.15) is 9.84 Å². The lowest BCUT2D eigenvalue weighted by atomic mass is 10.0. The number of carbonyl (C=O) groups is 1. The highest BCUT2D eigenvalue weighted by Gasteiger charge is 2.46. The molecule has 1 aliphatic carbocycles. The van der Waals surface area contributed by atoms with Crippen LogP contribution in [-0.2, 0) is 14.6 Å². The Morgan fingerprint density at radius 3 is 2.41 bits per heavy atom. The van der Waals surface area contributed by atoms with Crippen molar-refractivity contribution >= 4 is 15.7 Å². The average Bonchev–Trinajstić information content (AvgIpc) is 2.90. The molecule has 5 nitrogen and oxygen atoms in total. The Morgan fingerprint density at radius 2 is 2.00 bits per heavy atom. The van der Waals surface area contributed by atoms with E-state index in [0.29, 0.717) is 13.0 Å². The third-order valence-electron chi connectivity index (χ3n) is 3.17. The fraction of sp³-hybridized carbons (Fsp3) is 0.909. The van der Waals surface area contributed by atoms with Crippen LogP contribution in [0.2, 0.25) is 0 Å². The van der Waals surface area contributed by atoms with E-state index in [1.807, 2.05) is 7.05 Å². The largest absolute Gasteiger partial charge is 0.344 e. The molecule has 1 aliphatic rings. The minimum absolute atomic E-state index is 0.0430. The van der Waals surface area contributed by atoms with Crippen LogP contribution in [-0.4, -0.2) is 58.4 Å². The monoisotopic (exact) mass is 262 g/mol. The summed E-state index contributed by atoms with van der Waals surface area (Å²) in [6.45, 7) is 1.41. The molecule has 0 radical (unpaired) electrons. The summed E-state index contributed by atoms with van der Waals surface area (Å²) in [5.41, 5.74) is -0.265. The zero-order valence-electron chi connectivity index (χ0n) is 10.8. The van der Waals surface area contributed by atoms with Crippen molar-refractivity contribution in [1.82, 2.24) is 10.2 Å². The number of amides is 1. The molecule has 0 saturated heterocycles. The first-order valence-electron chi connectivity index (χ1n) is 5.84. The Kier molecular flexibility index (Phi) is 4.55. The minimum Gasteiger partial charge on any atom is -0.344 e. The maximum atomic E-state index is 11.9. The molecule has 0 bridgehead atoms. The van der Waals surface area contributed by atoms with Gasteiger partial charge < -0.3 is 10.2 Å². The van der Waals surface area contributed by atoms with Gasteiger partial charge in [0.15, 0.2) is 0 Å². The van der Waals surface area contributed by atoms with Gasteiger partial charge in [0.2, 0.25) is 5.91 Å². The summed E-state index contributed by atoms with van der Waals surface area (Å²) in [4.78, 5) is 13.6. The Balaban J connectivity index is 2.46. The van der Waals surface area contributed by atoms with Crippen molar-refractivity contribution in [2.75, 3.05) is 39.2 Å². The maximum absolute atomic E-state index is 11.9. The van der Waals surface area contributed by atoms with Gasteiger partial charge >= 0.3 is 0 Å². The number of nitrogens with one attached hydrogen (secondary N) is 1. The van der Waals surface area contributed by atoms with E-state index in [1.54, 1.807) is 11.9 Å². The lowest BCUT2D eigenvalue weighted by Crippen LogP contribution is -2.35. The van der Waals surface area contributed by atoms with Crippen LogP contribution in [0.5, 0.6) is 0 Å². The SMILES string of the molecule is CNCCN(C)C(=O)CC1(CS(C)(=O)=O)CC1. The topological polar surface area (TPSA) is 66.5 Å². The van der Waals surface area contributed by atoms with Crippen molar-refractivity contribution in [2.24, 2.45) is 5.41 Å². The van der Waals surface area contributed by atoms with Crippen LogP contribution in [0.25, 0.3) is 0 Å². The summed E-state index contributed by atoms with van der Waals surface area (Å²) >= 11 is 0. The van der Waals surface area contributed by atoms with Gasteiger partial charge in [-0.25, -0.2) is 8.42 Å². The number of likely N-dealkylation sites (N-methyl/N-ethyl adjacent to an activating group) is 2. The number of nitrogens with zero attached hydrogens (tertiary/aromatic N) is 1. The number of hydrogen-bond donors (Lipinski definition) is 1. The molecule has 100 valence electrons. The molecule has 0 unspecified atom stereocenters. The molecule has 0 aliphatic heterocycles. The summed E-state index contributed by atoms with van der Waals surface area (Å²) in [7, 11) is 0.607. The minimum atomic E-state index is -2.99. The highest BCUT2D eigenvalue weighted by atomic mass is 32.2. The molecule has 0 spiro atoms. The van der Waals surface area contributed by atoms with Crippen LogP contribution in [0, 0.1) is 5.41 Å². The molecule has 0 aromatic rings. The molecule has 17 heavy (non-hydrogen) atoms. The third-order valence-corrected chi connectivity index (χ3v) is 4.31. The molecule has 0 atom stereocenters. The number of hydrogen-bond acceptors (Lipinski definition) is 4. The molecular formula is C11H22N2O3S. The van der Waals surface area contributed by atoms with E-state index >= 15 is 0 Å². The van der Waals surface area contributed by atoms with E-state index in [1.165, 1.54) is 6.26 Å². The maximum Gasteiger partial charge on any atom is 0.222 e. The van der Waals surface area contributed by atoms with Gasteiger partial charge in [-0.1, -0.05) is 0 Å². The van der Waals surface area contributed by atoms with E-state index in [4.69, 9.17) is 0 Å². The van der Waals surface area contributed by atoms with Crippen molar-refractivity contribution in [3.63, 3.8) is 0 Å². The predicted molar refractivity (Wildman–Crippen MR) is 67.6 cm³/mol. The van der Waals surface area contributed by atoms with E-state index < -0.39 is 9.84 Å². The number of carbonyl (C=O) groups excluding carboxylic acids is 1. The Morgan fingerprint density at radius 1 is 1.41 bits per heavy atom. The Labute approximate surface area is 103 Å². The Hall–Kier alpha value is -0.620. The fourth-order valence-corrected chi connectivity index (χ4v) is 3.47. The molecule has 0 aromatic carbocycles. The van der Waals surface area contributed by atoms with E-state index in [9.17, 15) is 13.2 Å². The second kappa shape index (κ2) is 5.35. The van der Waals surface area contributed by atoms with E-state index in [0.717, 1.165) is 19.4 Å². The third kappa shape index (κ3) is 5.04. The van der Waals surface area contributed by atoms with Crippen LogP contribution in [0.1, 0.15) is 19.3 Å². The van der Waals surface area contributed by atoms with Gasteiger partial charge in [-0.2, -0.15) is 0 Å². The molecular weight excluding hydrogens is 240 g/mol. The standard InChI is InChI=1S/C11H22N2O3S/c1-12-6-7-13(2)10(14)8-11(4-5-11)9-17(3,15)16/h12H,4-9H2,1-3H3. The summed E-state index contributed by atoms with van der Waals surface area (Å²) in [5, 5.41) is 2.98. The van der Waals surface area contributed by atoms with Gasteiger partial charge in [0, 0.05) is 32.8 Å². The Bertz CT molecular complexity index is 374. The van der Waals surface area contributed by atoms with Gasteiger partial charge in [0.25, 0.3) is 0 Å². The smallest absolute Gasteiger partial charge is 0.222 e. The molecule has 0 aromatic heterocycles. The molecule has 1 N–H and O–H groups in total. The quantitative estimate of drug-likeness (QED) is 0.694. The second-order valence-electron chi connectivity index (χ2n) is 5.17. The highest BCUT2D eigenvalue weighted by Crippen LogP contribution is 2.49. The summed E-state index contributed by atoms with van der Waals surface area (Å²) < 4.78 is 22.6. The van der Waals surface area contributed by atoms with Crippen molar-refractivity contribution in [3.05, 3.63) is 0 Å². The van der Waals surface area contributed by atoms with Crippen LogP contribution in [0.4, 0.5) is 0 Å². The lowest BCUT2D eigenvalue weighted by Gasteiger charge is -2.20. The van der Waals surface area contributed by atoms with E-state index in [2.05, 4.69) is 5.32 Å². The van der Waals surface area contributed by atoms with Crippen LogP contribution >= 0.6 is 0 Å². The van der Waals surface area contributed by atoms with Crippen LogP contribution in [0.3, 0.4) is 0 Å². The number of rotatable bonds is 7. The highest BCUT2D eigenvalue weighted by molar-refractivity contribution is 7.90. The van der Waals surface area contributed by atoms with Crippen LogP contribution in [0.15, 0.2) is 0 Å².